The highest BCUT2D eigenvalue weighted by atomic mass is 19.4. The number of aryl methyl sites for hydroxylation is 2. The number of alkyl halides is 3. The van der Waals surface area contributed by atoms with Gasteiger partial charge in [0, 0.05) is 30.6 Å². The second kappa shape index (κ2) is 5.96. The van der Waals surface area contributed by atoms with E-state index >= 15 is 0 Å². The summed E-state index contributed by atoms with van der Waals surface area (Å²) in [5, 5.41) is 9.33. The Morgan fingerprint density at radius 2 is 1.75 bits per heavy atom. The molecule has 8 heteroatoms. The Morgan fingerprint density at radius 3 is 2.43 bits per heavy atom. The van der Waals surface area contributed by atoms with Crippen LogP contribution in [0.25, 0.3) is 33.2 Å². The van der Waals surface area contributed by atoms with Crippen molar-refractivity contribution in [2.45, 2.75) is 6.18 Å². The minimum absolute atomic E-state index is 0.161. The van der Waals surface area contributed by atoms with Crippen molar-refractivity contribution in [1.82, 2.24) is 14.1 Å². The molecule has 0 spiro atoms. The second-order valence-electron chi connectivity index (χ2n) is 6.44. The molecule has 0 atom stereocenters. The lowest BCUT2D eigenvalue weighted by molar-refractivity contribution is -0.142. The van der Waals surface area contributed by atoms with Gasteiger partial charge < -0.3 is 9.13 Å². The van der Waals surface area contributed by atoms with Crippen molar-refractivity contribution in [3.8, 4) is 17.3 Å². The Labute approximate surface area is 156 Å². The minimum atomic E-state index is -4.71. The van der Waals surface area contributed by atoms with Crippen LogP contribution in [-0.2, 0) is 20.3 Å². The summed E-state index contributed by atoms with van der Waals surface area (Å²) in [6.07, 6.45) is -4.71. The predicted octanol–water partition coefficient (Wildman–Crippen LogP) is 3.98. The van der Waals surface area contributed by atoms with Crippen molar-refractivity contribution in [3.63, 3.8) is 0 Å². The molecule has 0 bridgehead atoms. The molecule has 0 fully saturated rings. The van der Waals surface area contributed by atoms with E-state index in [-0.39, 0.29) is 27.7 Å². The van der Waals surface area contributed by atoms with Gasteiger partial charge in [-0.2, -0.15) is 18.4 Å². The average molecular weight is 382 g/mol. The molecule has 0 aliphatic rings. The largest absolute Gasteiger partial charge is 0.432 e. The van der Waals surface area contributed by atoms with Gasteiger partial charge in [0.1, 0.15) is 11.4 Å². The number of rotatable bonds is 1. The fourth-order valence-corrected chi connectivity index (χ4v) is 3.53. The zero-order valence-corrected chi connectivity index (χ0v) is 14.9. The lowest BCUT2D eigenvalue weighted by Crippen LogP contribution is -2.22. The summed E-state index contributed by atoms with van der Waals surface area (Å²) >= 11 is 0. The molecule has 2 aromatic carbocycles. The summed E-state index contributed by atoms with van der Waals surface area (Å²) in [4.78, 5) is 17.2. The summed E-state index contributed by atoms with van der Waals surface area (Å²) in [5.41, 5.74) is -0.841. The highest BCUT2D eigenvalue weighted by Crippen LogP contribution is 2.42. The molecular formula is C20H13F3N4O. The number of aromatic nitrogens is 3. The Morgan fingerprint density at radius 1 is 1.04 bits per heavy atom. The van der Waals surface area contributed by atoms with Gasteiger partial charge in [-0.1, -0.05) is 12.1 Å². The normalized spacial score (nSPS) is 11.9. The molecule has 0 amide bonds. The summed E-state index contributed by atoms with van der Waals surface area (Å²) in [6, 6.07) is 12.9. The topological polar surface area (TPSA) is 63.6 Å². The van der Waals surface area contributed by atoms with E-state index in [0.717, 1.165) is 4.57 Å². The molecule has 0 aliphatic heterocycles. The van der Waals surface area contributed by atoms with Crippen LogP contribution in [0.5, 0.6) is 0 Å². The Kier molecular flexibility index (Phi) is 3.79. The third-order valence-electron chi connectivity index (χ3n) is 4.82. The molecule has 0 unspecified atom stereocenters. The maximum absolute atomic E-state index is 13.9. The van der Waals surface area contributed by atoms with E-state index in [1.165, 1.54) is 36.9 Å². The van der Waals surface area contributed by atoms with Crippen molar-refractivity contribution in [1.29, 1.82) is 5.26 Å². The maximum atomic E-state index is 13.9. The van der Waals surface area contributed by atoms with Crippen molar-refractivity contribution in [2.75, 3.05) is 0 Å². The standard InChI is InChI=1S/C20H13F3N4O/c1-26-14-8-7-11(10-24)9-12(14)16(18(26)20(21,22)23)17-19(28)27(2)15-6-4-3-5-13(15)25-17/h3-9H,1-2H3. The number of benzene rings is 2. The molecular weight excluding hydrogens is 369 g/mol. The van der Waals surface area contributed by atoms with Gasteiger partial charge >= 0.3 is 6.18 Å². The molecule has 28 heavy (non-hydrogen) atoms. The van der Waals surface area contributed by atoms with Crippen molar-refractivity contribution < 1.29 is 13.2 Å². The van der Waals surface area contributed by atoms with Crippen LogP contribution in [0.2, 0.25) is 0 Å². The van der Waals surface area contributed by atoms with Gasteiger partial charge in [-0.25, -0.2) is 4.98 Å². The SMILES string of the molecule is Cn1c(C(F)(F)F)c(-c2nc3ccccc3n(C)c2=O)c2cc(C#N)ccc21. The van der Waals surface area contributed by atoms with E-state index in [4.69, 9.17) is 0 Å². The highest BCUT2D eigenvalue weighted by Gasteiger charge is 2.40. The van der Waals surface area contributed by atoms with E-state index in [2.05, 4.69) is 4.98 Å². The quantitative estimate of drug-likeness (QED) is 0.500. The highest BCUT2D eigenvalue weighted by molar-refractivity contribution is 5.98. The summed E-state index contributed by atoms with van der Waals surface area (Å²) in [5.74, 6) is 0. The third kappa shape index (κ3) is 2.47. The zero-order chi connectivity index (χ0) is 20.2. The van der Waals surface area contributed by atoms with Crippen LogP contribution in [0.1, 0.15) is 11.3 Å². The van der Waals surface area contributed by atoms with E-state index < -0.39 is 17.4 Å². The van der Waals surface area contributed by atoms with Gasteiger partial charge in [0.05, 0.1) is 22.7 Å². The molecule has 0 radical (unpaired) electrons. The molecule has 140 valence electrons. The van der Waals surface area contributed by atoms with Crippen LogP contribution in [-0.4, -0.2) is 14.1 Å². The number of nitrogens with zero attached hydrogens (tertiary/aromatic N) is 4. The first-order valence-electron chi connectivity index (χ1n) is 8.30. The van der Waals surface area contributed by atoms with E-state index in [9.17, 15) is 23.2 Å². The molecule has 0 saturated carbocycles. The van der Waals surface area contributed by atoms with Gasteiger partial charge in [-0.3, -0.25) is 4.79 Å². The van der Waals surface area contributed by atoms with E-state index in [1.807, 2.05) is 6.07 Å². The van der Waals surface area contributed by atoms with Crippen LogP contribution < -0.4 is 5.56 Å². The molecule has 0 saturated heterocycles. The molecule has 2 heterocycles. The fourth-order valence-electron chi connectivity index (χ4n) is 3.53. The summed E-state index contributed by atoms with van der Waals surface area (Å²) < 4.78 is 44.1. The average Bonchev–Trinajstić information content (AvgIpc) is 2.96. The monoisotopic (exact) mass is 382 g/mol. The second-order valence-corrected chi connectivity index (χ2v) is 6.44. The molecule has 4 aromatic rings. The van der Waals surface area contributed by atoms with Crippen LogP contribution in [0.3, 0.4) is 0 Å². The van der Waals surface area contributed by atoms with Gasteiger partial charge in [-0.05, 0) is 30.3 Å². The number of hydrogen-bond acceptors (Lipinski definition) is 3. The molecule has 2 aromatic heterocycles. The first-order chi connectivity index (χ1) is 13.2. The number of para-hydroxylation sites is 2. The summed E-state index contributed by atoms with van der Waals surface area (Å²) in [7, 11) is 2.78. The molecule has 4 rings (SSSR count). The Balaban J connectivity index is 2.23. The lowest BCUT2D eigenvalue weighted by Gasteiger charge is -2.12. The number of halogens is 3. The van der Waals surface area contributed by atoms with Crippen LogP contribution in [0, 0.1) is 11.3 Å². The molecule has 0 aliphatic carbocycles. The molecule has 0 N–H and O–H groups in total. The van der Waals surface area contributed by atoms with Gasteiger partial charge in [0.15, 0.2) is 0 Å². The fraction of sp³-hybridized carbons (Fsp3) is 0.150. The number of fused-ring (bicyclic) bond motifs is 2. The number of hydrogen-bond donors (Lipinski definition) is 0. The smallest absolute Gasteiger partial charge is 0.340 e. The Hall–Kier alpha value is -3.60. The van der Waals surface area contributed by atoms with Crippen molar-refractivity contribution >= 4 is 21.9 Å². The Bertz CT molecular complexity index is 1360. The first-order valence-corrected chi connectivity index (χ1v) is 8.30. The van der Waals surface area contributed by atoms with Crippen LogP contribution >= 0.6 is 0 Å². The molecule has 5 nitrogen and oxygen atoms in total. The van der Waals surface area contributed by atoms with E-state index in [0.29, 0.717) is 11.0 Å². The minimum Gasteiger partial charge on any atom is -0.340 e. The first kappa shape index (κ1) is 17.8. The van der Waals surface area contributed by atoms with Crippen LogP contribution in [0.4, 0.5) is 13.2 Å². The van der Waals surface area contributed by atoms with Gasteiger partial charge in [-0.15, -0.1) is 0 Å². The van der Waals surface area contributed by atoms with E-state index in [1.54, 1.807) is 24.3 Å². The predicted molar refractivity (Wildman–Crippen MR) is 98.6 cm³/mol. The third-order valence-corrected chi connectivity index (χ3v) is 4.82. The van der Waals surface area contributed by atoms with Gasteiger partial charge in [0.25, 0.3) is 5.56 Å². The number of nitriles is 1. The summed E-state index contributed by atoms with van der Waals surface area (Å²) in [6.45, 7) is 0. The van der Waals surface area contributed by atoms with Gasteiger partial charge in [0.2, 0.25) is 0 Å². The van der Waals surface area contributed by atoms with Crippen LogP contribution in [0.15, 0.2) is 47.3 Å². The zero-order valence-electron chi connectivity index (χ0n) is 14.9. The van der Waals surface area contributed by atoms with Crippen molar-refractivity contribution in [3.05, 3.63) is 64.1 Å². The van der Waals surface area contributed by atoms with Crippen molar-refractivity contribution in [2.24, 2.45) is 14.1 Å². The lowest BCUT2D eigenvalue weighted by atomic mass is 10.0. The maximum Gasteiger partial charge on any atom is 0.432 e.